The minimum atomic E-state index is -5.05. The first-order chi connectivity index (χ1) is 15.0. The molecule has 0 heterocycles. The van der Waals surface area contributed by atoms with Crippen LogP contribution < -0.4 is 0 Å². The van der Waals surface area contributed by atoms with Gasteiger partial charge in [-0.05, 0) is 48.2 Å². The molecule has 0 aromatic heterocycles. The summed E-state index contributed by atoms with van der Waals surface area (Å²) >= 11 is 0. The standard InChI is InChI=1S/C17H16N2O11S3.Cu/c1-8-4-9-6-14(33(28,29)30)16(17(21)15(9)13(5-8)32(25,26)27)19-18-11-7-10(31(22,23)24)2-3-12(11)20;/h2-7,20-21,25-27H,1H3,(H,22,23,24)(H,28,29,30);. The Morgan fingerprint density at radius 1 is 0.765 bits per heavy atom. The van der Waals surface area contributed by atoms with Crippen LogP contribution >= 0.6 is 10.9 Å². The van der Waals surface area contributed by atoms with Crippen LogP contribution in [0.2, 0.25) is 0 Å². The van der Waals surface area contributed by atoms with Crippen molar-refractivity contribution in [3.05, 3.63) is 42.0 Å². The molecule has 0 atom stereocenters. The third-order valence-corrected chi connectivity index (χ3v) is 6.96. The minimum absolute atomic E-state index is 0. The number of aromatic hydroxyl groups is 2. The van der Waals surface area contributed by atoms with Crippen LogP contribution in [0.1, 0.15) is 5.56 Å². The SMILES string of the molecule is Cc1cc(S(O)(O)O)c2c(O)c(N=Nc3cc(S(=O)(=O)O)ccc3O)c(S(=O)(=O)O)cc2c1.[Cu]. The van der Waals surface area contributed by atoms with E-state index in [2.05, 4.69) is 10.2 Å². The van der Waals surface area contributed by atoms with E-state index < -0.39 is 74.1 Å². The van der Waals surface area contributed by atoms with Crippen LogP contribution in [0, 0.1) is 6.92 Å². The maximum atomic E-state index is 11.9. The summed E-state index contributed by atoms with van der Waals surface area (Å²) in [5.74, 6) is -1.67. The van der Waals surface area contributed by atoms with Crippen molar-refractivity contribution in [2.45, 2.75) is 21.6 Å². The van der Waals surface area contributed by atoms with Gasteiger partial charge in [0, 0.05) is 22.5 Å². The second kappa shape index (κ2) is 9.38. The fourth-order valence-electron chi connectivity index (χ4n) is 2.95. The van der Waals surface area contributed by atoms with E-state index in [0.29, 0.717) is 11.6 Å². The zero-order valence-corrected chi connectivity index (χ0v) is 20.0. The molecule has 0 unspecified atom stereocenters. The van der Waals surface area contributed by atoms with Gasteiger partial charge < -0.3 is 23.9 Å². The molecule has 7 N–H and O–H groups in total. The maximum Gasteiger partial charge on any atom is 0.296 e. The number of nitrogens with zero attached hydrogens (tertiary/aromatic N) is 2. The Morgan fingerprint density at radius 2 is 1.38 bits per heavy atom. The first-order valence-corrected chi connectivity index (χ1v) is 12.9. The van der Waals surface area contributed by atoms with Crippen LogP contribution in [0.4, 0.5) is 11.4 Å². The molecule has 0 aliphatic rings. The monoisotopic (exact) mass is 583 g/mol. The second-order valence-electron chi connectivity index (χ2n) is 6.75. The number of hydrogen-bond donors (Lipinski definition) is 7. The van der Waals surface area contributed by atoms with Crippen molar-refractivity contribution in [3.8, 4) is 11.5 Å². The summed E-state index contributed by atoms with van der Waals surface area (Å²) in [5, 5.41) is 27.0. The van der Waals surface area contributed by atoms with Crippen LogP contribution in [0.5, 0.6) is 11.5 Å². The molecule has 0 saturated carbocycles. The number of azo groups is 1. The molecule has 17 heteroatoms. The van der Waals surface area contributed by atoms with Crippen LogP contribution in [0.15, 0.2) is 61.3 Å². The van der Waals surface area contributed by atoms with E-state index in [1.54, 1.807) is 0 Å². The van der Waals surface area contributed by atoms with Crippen molar-refractivity contribution in [1.29, 1.82) is 0 Å². The molecule has 0 fully saturated rings. The third kappa shape index (κ3) is 5.66. The number of hydrogen-bond acceptors (Lipinski definition) is 11. The predicted molar refractivity (Wildman–Crippen MR) is 116 cm³/mol. The van der Waals surface area contributed by atoms with E-state index in [4.69, 9.17) is 4.55 Å². The maximum absolute atomic E-state index is 11.9. The average molecular weight is 584 g/mol. The van der Waals surface area contributed by atoms with Crippen LogP contribution in [0.3, 0.4) is 0 Å². The first-order valence-electron chi connectivity index (χ1n) is 8.51. The number of benzene rings is 3. The molecule has 34 heavy (non-hydrogen) atoms. The number of phenolic OH excluding ortho intramolecular Hbond substituents is 2. The summed E-state index contributed by atoms with van der Waals surface area (Å²) in [6.07, 6.45) is 0. The normalized spacial score (nSPS) is 13.2. The van der Waals surface area contributed by atoms with Crippen molar-refractivity contribution in [2.75, 3.05) is 0 Å². The Bertz CT molecular complexity index is 1530. The van der Waals surface area contributed by atoms with Crippen molar-refractivity contribution in [2.24, 2.45) is 10.2 Å². The van der Waals surface area contributed by atoms with Gasteiger partial charge >= 0.3 is 0 Å². The van der Waals surface area contributed by atoms with Gasteiger partial charge in [0.25, 0.3) is 20.2 Å². The van der Waals surface area contributed by atoms with Gasteiger partial charge in [-0.15, -0.1) is 10.2 Å². The van der Waals surface area contributed by atoms with Crippen LogP contribution in [0.25, 0.3) is 10.8 Å². The summed E-state index contributed by atoms with van der Waals surface area (Å²) in [5.41, 5.74) is -1.15. The Kier molecular flexibility index (Phi) is 7.71. The predicted octanol–water partition coefficient (Wildman–Crippen LogP) is 4.05. The minimum Gasteiger partial charge on any atom is -0.506 e. The average Bonchev–Trinajstić information content (AvgIpc) is 2.65. The van der Waals surface area contributed by atoms with Gasteiger partial charge in [0.05, 0.1) is 9.79 Å². The van der Waals surface area contributed by atoms with Gasteiger partial charge in [-0.2, -0.15) is 16.8 Å². The van der Waals surface area contributed by atoms with Crippen LogP contribution in [-0.2, 0) is 37.3 Å². The summed E-state index contributed by atoms with van der Waals surface area (Å²) in [6.45, 7) is 1.48. The van der Waals surface area contributed by atoms with Crippen molar-refractivity contribution < 1.29 is 66.9 Å². The van der Waals surface area contributed by atoms with Crippen LogP contribution in [-0.4, -0.2) is 49.8 Å². The fraction of sp³-hybridized carbons (Fsp3) is 0.0588. The van der Waals surface area contributed by atoms with E-state index in [-0.39, 0.29) is 22.5 Å². The van der Waals surface area contributed by atoms with Gasteiger partial charge in [-0.25, -0.2) is 0 Å². The number of phenols is 2. The molecule has 0 bridgehead atoms. The topological polar surface area (TPSA) is 235 Å². The molecule has 0 saturated heterocycles. The van der Waals surface area contributed by atoms with Crippen molar-refractivity contribution in [1.82, 2.24) is 0 Å². The first kappa shape index (κ1) is 27.9. The molecule has 3 aromatic carbocycles. The molecule has 13 nitrogen and oxygen atoms in total. The Labute approximate surface area is 204 Å². The van der Waals surface area contributed by atoms with E-state index >= 15 is 0 Å². The molecule has 189 valence electrons. The van der Waals surface area contributed by atoms with Gasteiger partial charge in [0.2, 0.25) is 0 Å². The Balaban J connectivity index is 0.00000408. The number of aryl methyl sites for hydroxylation is 1. The molecule has 0 aliphatic carbocycles. The van der Waals surface area contributed by atoms with E-state index in [1.165, 1.54) is 13.0 Å². The second-order valence-corrected chi connectivity index (χ2v) is 11.0. The Hall–Kier alpha value is -2.31. The summed E-state index contributed by atoms with van der Waals surface area (Å²) < 4.78 is 94.4. The fourth-order valence-corrected chi connectivity index (χ4v) is 4.94. The zero-order valence-electron chi connectivity index (χ0n) is 16.6. The van der Waals surface area contributed by atoms with E-state index in [9.17, 15) is 45.3 Å². The molecular formula is C17H16CuN2O11S3. The summed E-state index contributed by atoms with van der Waals surface area (Å²) in [7, 11) is -14.2. The van der Waals surface area contributed by atoms with Gasteiger partial charge in [0.15, 0.2) is 5.75 Å². The molecule has 1 radical (unpaired) electrons. The van der Waals surface area contributed by atoms with Gasteiger partial charge in [-0.3, -0.25) is 9.11 Å². The Morgan fingerprint density at radius 3 is 1.91 bits per heavy atom. The number of rotatable bonds is 5. The van der Waals surface area contributed by atoms with Gasteiger partial charge in [0.1, 0.15) is 32.9 Å². The summed E-state index contributed by atoms with van der Waals surface area (Å²) in [6, 6.07) is 5.66. The molecule has 3 aromatic rings. The molecule has 3 rings (SSSR count). The molecule has 0 amide bonds. The van der Waals surface area contributed by atoms with Gasteiger partial charge in [-0.1, -0.05) is 6.07 Å². The molecular weight excluding hydrogens is 568 g/mol. The summed E-state index contributed by atoms with van der Waals surface area (Å²) in [4.78, 5) is -2.21. The zero-order chi connectivity index (χ0) is 24.9. The third-order valence-electron chi connectivity index (χ3n) is 4.33. The van der Waals surface area contributed by atoms with E-state index in [1.807, 2.05) is 0 Å². The van der Waals surface area contributed by atoms with Crippen molar-refractivity contribution in [3.63, 3.8) is 0 Å². The number of fused-ring (bicyclic) bond motifs is 1. The molecule has 0 spiro atoms. The smallest absolute Gasteiger partial charge is 0.296 e. The quantitative estimate of drug-likeness (QED) is 0.128. The largest absolute Gasteiger partial charge is 0.506 e. The van der Waals surface area contributed by atoms with E-state index in [0.717, 1.165) is 24.3 Å². The van der Waals surface area contributed by atoms with Crippen molar-refractivity contribution >= 4 is 53.3 Å². The molecule has 0 aliphatic heterocycles.